The van der Waals surface area contributed by atoms with Crippen molar-refractivity contribution in [1.29, 1.82) is 0 Å². The maximum absolute atomic E-state index is 12.0. The number of hydrogen-bond donors (Lipinski definition) is 2. The molecule has 2 aromatic rings. The Bertz CT molecular complexity index is 683. The molecule has 1 aliphatic rings. The molecule has 2 aromatic carbocycles. The Morgan fingerprint density at radius 2 is 1.76 bits per heavy atom. The summed E-state index contributed by atoms with van der Waals surface area (Å²) >= 11 is 2.01. The van der Waals surface area contributed by atoms with Crippen LogP contribution in [0.3, 0.4) is 0 Å². The van der Waals surface area contributed by atoms with Gasteiger partial charge in [0.25, 0.3) is 0 Å². The molecule has 0 bridgehead atoms. The van der Waals surface area contributed by atoms with Crippen molar-refractivity contribution in [2.45, 2.75) is 6.54 Å². The molecule has 132 valence electrons. The molecule has 1 fully saturated rings. The van der Waals surface area contributed by atoms with Crippen molar-refractivity contribution in [3.05, 3.63) is 54.1 Å². The van der Waals surface area contributed by atoms with Crippen LogP contribution in [0.5, 0.6) is 5.75 Å². The van der Waals surface area contributed by atoms with Gasteiger partial charge in [-0.2, -0.15) is 11.8 Å². The first-order valence-electron chi connectivity index (χ1n) is 8.35. The van der Waals surface area contributed by atoms with Gasteiger partial charge >= 0.3 is 6.03 Å². The van der Waals surface area contributed by atoms with Crippen molar-refractivity contribution in [1.82, 2.24) is 5.32 Å². The maximum Gasteiger partial charge on any atom is 0.319 e. The minimum atomic E-state index is -0.220. The van der Waals surface area contributed by atoms with E-state index in [-0.39, 0.29) is 6.03 Å². The Morgan fingerprint density at radius 3 is 2.40 bits per heavy atom. The van der Waals surface area contributed by atoms with Gasteiger partial charge in [0, 0.05) is 42.5 Å². The molecule has 0 aliphatic carbocycles. The molecular formula is C19H23N3O2S. The number of methoxy groups -OCH3 is 1. The van der Waals surface area contributed by atoms with E-state index in [1.165, 1.54) is 17.2 Å². The van der Waals surface area contributed by atoms with E-state index in [0.29, 0.717) is 6.54 Å². The monoisotopic (exact) mass is 357 g/mol. The third kappa shape index (κ3) is 5.06. The molecule has 0 aromatic heterocycles. The average Bonchev–Trinajstić information content (AvgIpc) is 2.68. The molecule has 0 unspecified atom stereocenters. The van der Waals surface area contributed by atoms with Crippen molar-refractivity contribution in [3.63, 3.8) is 0 Å². The van der Waals surface area contributed by atoms with Crippen molar-refractivity contribution >= 4 is 29.2 Å². The number of carbonyl (C=O) groups excluding carboxylic acids is 1. The second-order valence-corrected chi connectivity index (χ2v) is 7.03. The molecule has 6 heteroatoms. The van der Waals surface area contributed by atoms with E-state index in [1.807, 2.05) is 36.0 Å². The zero-order chi connectivity index (χ0) is 17.5. The smallest absolute Gasteiger partial charge is 0.319 e. The summed E-state index contributed by atoms with van der Waals surface area (Å²) in [4.78, 5) is 14.4. The minimum absolute atomic E-state index is 0.220. The van der Waals surface area contributed by atoms with Gasteiger partial charge < -0.3 is 20.3 Å². The molecule has 0 radical (unpaired) electrons. The average molecular weight is 357 g/mol. The highest BCUT2D eigenvalue weighted by Crippen LogP contribution is 2.20. The standard InChI is InChI=1S/C19H23N3O2S/c1-24-18-8-4-16(5-9-18)21-19(23)20-14-15-2-6-17(7-3-15)22-10-12-25-13-11-22/h2-9H,10-14H2,1H3,(H2,20,21,23). The fourth-order valence-corrected chi connectivity index (χ4v) is 3.58. The maximum atomic E-state index is 12.0. The number of hydrogen-bond acceptors (Lipinski definition) is 4. The Balaban J connectivity index is 1.47. The molecule has 0 atom stereocenters. The van der Waals surface area contributed by atoms with Crippen LogP contribution in [-0.2, 0) is 6.54 Å². The highest BCUT2D eigenvalue weighted by Gasteiger charge is 2.10. The number of anilines is 2. The van der Waals surface area contributed by atoms with Crippen molar-refractivity contribution in [3.8, 4) is 5.75 Å². The van der Waals surface area contributed by atoms with Crippen LogP contribution in [0.1, 0.15) is 5.56 Å². The first-order valence-corrected chi connectivity index (χ1v) is 9.50. The first kappa shape index (κ1) is 17.5. The largest absolute Gasteiger partial charge is 0.497 e. The summed E-state index contributed by atoms with van der Waals surface area (Å²) < 4.78 is 5.10. The summed E-state index contributed by atoms with van der Waals surface area (Å²) in [5, 5.41) is 5.69. The Morgan fingerprint density at radius 1 is 1.08 bits per heavy atom. The van der Waals surface area contributed by atoms with E-state index >= 15 is 0 Å². The Labute approximate surface area is 152 Å². The molecule has 1 saturated heterocycles. The van der Waals surface area contributed by atoms with E-state index in [1.54, 1.807) is 7.11 Å². The number of thioether (sulfide) groups is 1. The summed E-state index contributed by atoms with van der Waals surface area (Å²) in [5.41, 5.74) is 3.07. The molecule has 3 rings (SSSR count). The second kappa shape index (κ2) is 8.67. The Hall–Kier alpha value is -2.34. The van der Waals surface area contributed by atoms with E-state index < -0.39 is 0 Å². The highest BCUT2D eigenvalue weighted by atomic mass is 32.2. The molecule has 5 nitrogen and oxygen atoms in total. The normalized spacial score (nSPS) is 14.0. The van der Waals surface area contributed by atoms with Crippen LogP contribution in [-0.4, -0.2) is 37.7 Å². The highest BCUT2D eigenvalue weighted by molar-refractivity contribution is 7.99. The summed E-state index contributed by atoms with van der Waals surface area (Å²) in [6.07, 6.45) is 0. The number of amides is 2. The van der Waals surface area contributed by atoms with E-state index in [2.05, 4.69) is 39.8 Å². The molecule has 1 heterocycles. The fraction of sp³-hybridized carbons (Fsp3) is 0.316. The summed E-state index contributed by atoms with van der Waals surface area (Å²) in [7, 11) is 1.62. The number of benzene rings is 2. The SMILES string of the molecule is COc1ccc(NC(=O)NCc2ccc(N3CCSCC3)cc2)cc1. The fourth-order valence-electron chi connectivity index (χ4n) is 2.68. The van der Waals surface area contributed by atoms with Crippen LogP contribution >= 0.6 is 11.8 Å². The molecule has 1 aliphatic heterocycles. The number of ether oxygens (including phenoxy) is 1. The van der Waals surface area contributed by atoms with Gasteiger partial charge in [0.2, 0.25) is 0 Å². The lowest BCUT2D eigenvalue weighted by atomic mass is 10.2. The molecule has 25 heavy (non-hydrogen) atoms. The van der Waals surface area contributed by atoms with E-state index in [4.69, 9.17) is 4.74 Å². The Kier molecular flexibility index (Phi) is 6.06. The van der Waals surface area contributed by atoms with Gasteiger partial charge in [0.15, 0.2) is 0 Å². The van der Waals surface area contributed by atoms with Crippen LogP contribution in [0.15, 0.2) is 48.5 Å². The van der Waals surface area contributed by atoms with Crippen molar-refractivity contribution in [2.75, 3.05) is 41.9 Å². The minimum Gasteiger partial charge on any atom is -0.497 e. The second-order valence-electron chi connectivity index (χ2n) is 5.80. The summed E-state index contributed by atoms with van der Waals surface area (Å²) in [6.45, 7) is 2.71. The van der Waals surface area contributed by atoms with Gasteiger partial charge in [0.1, 0.15) is 5.75 Å². The molecule has 0 saturated carbocycles. The van der Waals surface area contributed by atoms with Gasteiger partial charge in [-0.15, -0.1) is 0 Å². The van der Waals surface area contributed by atoms with Gasteiger partial charge in [-0.05, 0) is 42.0 Å². The number of urea groups is 1. The van der Waals surface area contributed by atoms with Gasteiger partial charge in [-0.1, -0.05) is 12.1 Å². The molecule has 2 amide bonds. The summed E-state index contributed by atoms with van der Waals surface area (Å²) in [5.74, 6) is 3.14. The van der Waals surface area contributed by atoms with Crippen LogP contribution < -0.4 is 20.3 Å². The zero-order valence-electron chi connectivity index (χ0n) is 14.3. The number of rotatable bonds is 5. The van der Waals surface area contributed by atoms with Crippen LogP contribution in [0.25, 0.3) is 0 Å². The lowest BCUT2D eigenvalue weighted by Gasteiger charge is -2.28. The third-order valence-electron chi connectivity index (χ3n) is 4.11. The zero-order valence-corrected chi connectivity index (χ0v) is 15.1. The van der Waals surface area contributed by atoms with E-state index in [0.717, 1.165) is 30.1 Å². The lowest BCUT2D eigenvalue weighted by molar-refractivity contribution is 0.251. The number of carbonyl (C=O) groups is 1. The van der Waals surface area contributed by atoms with Gasteiger partial charge in [0.05, 0.1) is 7.11 Å². The van der Waals surface area contributed by atoms with Crippen molar-refractivity contribution in [2.24, 2.45) is 0 Å². The molecular weight excluding hydrogens is 334 g/mol. The topological polar surface area (TPSA) is 53.6 Å². The quantitative estimate of drug-likeness (QED) is 0.859. The first-order chi connectivity index (χ1) is 12.2. The third-order valence-corrected chi connectivity index (χ3v) is 5.06. The summed E-state index contributed by atoms with van der Waals surface area (Å²) in [6, 6.07) is 15.4. The molecule has 2 N–H and O–H groups in total. The van der Waals surface area contributed by atoms with Crippen LogP contribution in [0.4, 0.5) is 16.2 Å². The van der Waals surface area contributed by atoms with Gasteiger partial charge in [-0.25, -0.2) is 4.79 Å². The van der Waals surface area contributed by atoms with Crippen LogP contribution in [0, 0.1) is 0 Å². The predicted octanol–water partition coefficient (Wildman–Crippen LogP) is 3.57. The number of nitrogens with one attached hydrogen (secondary N) is 2. The van der Waals surface area contributed by atoms with Crippen molar-refractivity contribution < 1.29 is 9.53 Å². The molecule has 0 spiro atoms. The number of nitrogens with zero attached hydrogens (tertiary/aromatic N) is 1. The van der Waals surface area contributed by atoms with E-state index in [9.17, 15) is 4.79 Å². The van der Waals surface area contributed by atoms with Crippen LogP contribution in [0.2, 0.25) is 0 Å². The van der Waals surface area contributed by atoms with Gasteiger partial charge in [-0.3, -0.25) is 0 Å². The predicted molar refractivity (Wildman–Crippen MR) is 105 cm³/mol. The lowest BCUT2D eigenvalue weighted by Crippen LogP contribution is -2.32.